The topological polar surface area (TPSA) is 74.0 Å². The molecule has 0 saturated carbocycles. The predicted octanol–water partition coefficient (Wildman–Crippen LogP) is 2.47. The molecular formula is C21H32N2O4. The molecule has 2 heterocycles. The van der Waals surface area contributed by atoms with Crippen molar-refractivity contribution in [1.29, 1.82) is 0 Å². The number of rotatable bonds is 3. The standard InChI is InChI=1S/C21H32N2O4/c1-20(2,3)18(22)19(24)23-9-7-21(8-10-23)15-13-17(26-5)16(25-4)12-14(15)6-11-27-21/h12-13,18H,6-11,22H2,1-5H3/t18-/m1/s1. The Bertz CT molecular complexity index is 703. The maximum absolute atomic E-state index is 12.8. The predicted molar refractivity (Wildman–Crippen MR) is 104 cm³/mol. The van der Waals surface area contributed by atoms with Crippen LogP contribution in [0.4, 0.5) is 0 Å². The lowest BCUT2D eigenvalue weighted by atomic mass is 9.78. The summed E-state index contributed by atoms with van der Waals surface area (Å²) in [6.45, 7) is 7.98. The minimum atomic E-state index is -0.490. The van der Waals surface area contributed by atoms with Crippen LogP contribution in [-0.4, -0.2) is 50.8 Å². The molecule has 150 valence electrons. The van der Waals surface area contributed by atoms with Crippen molar-refractivity contribution in [1.82, 2.24) is 4.90 Å². The smallest absolute Gasteiger partial charge is 0.240 e. The summed E-state index contributed by atoms with van der Waals surface area (Å²) in [5.41, 5.74) is 7.98. The Labute approximate surface area is 161 Å². The molecule has 1 aromatic rings. The third kappa shape index (κ3) is 3.65. The molecule has 2 aliphatic rings. The molecule has 1 fully saturated rings. The molecular weight excluding hydrogens is 344 g/mol. The second kappa shape index (κ2) is 7.32. The molecule has 1 amide bonds. The maximum Gasteiger partial charge on any atom is 0.240 e. The Balaban J connectivity index is 1.82. The Morgan fingerprint density at radius 1 is 1.19 bits per heavy atom. The average Bonchev–Trinajstić information content (AvgIpc) is 2.66. The number of hydrogen-bond acceptors (Lipinski definition) is 5. The fourth-order valence-electron chi connectivity index (χ4n) is 4.06. The number of ether oxygens (including phenoxy) is 3. The molecule has 2 N–H and O–H groups in total. The van der Waals surface area contributed by atoms with Crippen molar-refractivity contribution in [3.8, 4) is 11.5 Å². The van der Waals surface area contributed by atoms with E-state index in [1.165, 1.54) is 11.1 Å². The molecule has 1 aromatic carbocycles. The fraction of sp³-hybridized carbons (Fsp3) is 0.667. The number of amides is 1. The lowest BCUT2D eigenvalue weighted by Gasteiger charge is -2.46. The zero-order chi connectivity index (χ0) is 19.8. The summed E-state index contributed by atoms with van der Waals surface area (Å²) in [6.07, 6.45) is 2.38. The summed E-state index contributed by atoms with van der Waals surface area (Å²) in [5, 5.41) is 0. The molecule has 0 unspecified atom stereocenters. The second-order valence-corrected chi connectivity index (χ2v) is 8.63. The molecule has 1 atom stereocenters. The second-order valence-electron chi connectivity index (χ2n) is 8.63. The maximum atomic E-state index is 12.8. The van der Waals surface area contributed by atoms with Gasteiger partial charge in [-0.3, -0.25) is 4.79 Å². The first-order valence-electron chi connectivity index (χ1n) is 9.65. The van der Waals surface area contributed by atoms with Gasteiger partial charge < -0.3 is 24.8 Å². The van der Waals surface area contributed by atoms with Crippen molar-refractivity contribution < 1.29 is 19.0 Å². The van der Waals surface area contributed by atoms with E-state index in [1.54, 1.807) is 14.2 Å². The van der Waals surface area contributed by atoms with Crippen LogP contribution in [0.3, 0.4) is 0 Å². The van der Waals surface area contributed by atoms with Crippen molar-refractivity contribution in [3.05, 3.63) is 23.3 Å². The number of methoxy groups -OCH3 is 2. The van der Waals surface area contributed by atoms with Crippen LogP contribution in [-0.2, 0) is 21.6 Å². The normalized spacial score (nSPS) is 20.1. The van der Waals surface area contributed by atoms with E-state index in [9.17, 15) is 4.79 Å². The number of fused-ring (bicyclic) bond motifs is 2. The highest BCUT2D eigenvalue weighted by Gasteiger charge is 2.43. The number of benzene rings is 1. The van der Waals surface area contributed by atoms with Gasteiger partial charge in [0.1, 0.15) is 0 Å². The van der Waals surface area contributed by atoms with Gasteiger partial charge in [0, 0.05) is 13.1 Å². The van der Waals surface area contributed by atoms with Crippen molar-refractivity contribution in [2.75, 3.05) is 33.9 Å². The molecule has 1 saturated heterocycles. The highest BCUT2D eigenvalue weighted by Crippen LogP contribution is 2.45. The van der Waals surface area contributed by atoms with Crippen LogP contribution in [0.2, 0.25) is 0 Å². The molecule has 0 bridgehead atoms. The minimum absolute atomic E-state index is 0.0284. The summed E-state index contributed by atoms with van der Waals surface area (Å²) >= 11 is 0. The number of likely N-dealkylation sites (tertiary alicyclic amines) is 1. The van der Waals surface area contributed by atoms with E-state index in [1.807, 2.05) is 31.7 Å². The number of piperidine rings is 1. The van der Waals surface area contributed by atoms with Gasteiger partial charge in [-0.15, -0.1) is 0 Å². The van der Waals surface area contributed by atoms with Gasteiger partial charge in [0.05, 0.1) is 32.5 Å². The minimum Gasteiger partial charge on any atom is -0.493 e. The zero-order valence-electron chi connectivity index (χ0n) is 17.1. The number of hydrogen-bond donors (Lipinski definition) is 1. The van der Waals surface area contributed by atoms with Crippen LogP contribution >= 0.6 is 0 Å². The van der Waals surface area contributed by atoms with Gasteiger partial charge in [-0.2, -0.15) is 0 Å². The van der Waals surface area contributed by atoms with Gasteiger partial charge in [-0.1, -0.05) is 20.8 Å². The van der Waals surface area contributed by atoms with E-state index in [4.69, 9.17) is 19.9 Å². The number of carbonyl (C=O) groups is 1. The monoisotopic (exact) mass is 376 g/mol. The third-order valence-corrected chi connectivity index (χ3v) is 5.93. The molecule has 6 heteroatoms. The van der Waals surface area contributed by atoms with Gasteiger partial charge in [0.2, 0.25) is 5.91 Å². The fourth-order valence-corrected chi connectivity index (χ4v) is 4.06. The van der Waals surface area contributed by atoms with Crippen molar-refractivity contribution in [3.63, 3.8) is 0 Å². The highest BCUT2D eigenvalue weighted by molar-refractivity contribution is 5.82. The first-order chi connectivity index (χ1) is 12.7. The zero-order valence-corrected chi connectivity index (χ0v) is 17.1. The Kier molecular flexibility index (Phi) is 5.41. The molecule has 3 rings (SSSR count). The largest absolute Gasteiger partial charge is 0.493 e. The van der Waals surface area contributed by atoms with Gasteiger partial charge >= 0.3 is 0 Å². The SMILES string of the molecule is COc1cc2c(cc1OC)C1(CCN(C(=O)[C@@H](N)C(C)(C)C)CC1)OCC2. The van der Waals surface area contributed by atoms with E-state index < -0.39 is 6.04 Å². The number of nitrogens with two attached hydrogens (primary N) is 1. The van der Waals surface area contributed by atoms with E-state index in [2.05, 4.69) is 6.07 Å². The van der Waals surface area contributed by atoms with Gasteiger partial charge in [-0.25, -0.2) is 0 Å². The third-order valence-electron chi connectivity index (χ3n) is 5.93. The van der Waals surface area contributed by atoms with Crippen molar-refractivity contribution in [2.24, 2.45) is 11.1 Å². The van der Waals surface area contributed by atoms with Crippen LogP contribution < -0.4 is 15.2 Å². The lowest BCUT2D eigenvalue weighted by Crippen LogP contribution is -2.55. The number of nitrogens with zero attached hydrogens (tertiary/aromatic N) is 1. The van der Waals surface area contributed by atoms with Crippen molar-refractivity contribution >= 4 is 5.91 Å². The molecule has 0 aliphatic carbocycles. The lowest BCUT2D eigenvalue weighted by molar-refractivity contribution is -0.144. The summed E-state index contributed by atoms with van der Waals surface area (Å²) in [4.78, 5) is 14.7. The van der Waals surface area contributed by atoms with Crippen LogP contribution in [0.5, 0.6) is 11.5 Å². The first-order valence-corrected chi connectivity index (χ1v) is 9.65. The van der Waals surface area contributed by atoms with Crippen LogP contribution in [0, 0.1) is 5.41 Å². The summed E-state index contributed by atoms with van der Waals surface area (Å²) in [6, 6.07) is 3.62. The average molecular weight is 376 g/mol. The molecule has 6 nitrogen and oxygen atoms in total. The highest BCUT2D eigenvalue weighted by atomic mass is 16.5. The van der Waals surface area contributed by atoms with E-state index >= 15 is 0 Å². The van der Waals surface area contributed by atoms with Crippen LogP contribution in [0.25, 0.3) is 0 Å². The molecule has 1 spiro atoms. The molecule has 0 radical (unpaired) electrons. The molecule has 2 aliphatic heterocycles. The van der Waals surface area contributed by atoms with Crippen molar-refractivity contribution in [2.45, 2.75) is 51.7 Å². The van der Waals surface area contributed by atoms with E-state index in [0.717, 1.165) is 30.8 Å². The number of carbonyl (C=O) groups excluding carboxylic acids is 1. The van der Waals surface area contributed by atoms with Gasteiger partial charge in [0.15, 0.2) is 11.5 Å². The van der Waals surface area contributed by atoms with Crippen LogP contribution in [0.1, 0.15) is 44.7 Å². The Morgan fingerprint density at radius 3 is 2.33 bits per heavy atom. The van der Waals surface area contributed by atoms with Crippen LogP contribution in [0.15, 0.2) is 12.1 Å². The molecule has 27 heavy (non-hydrogen) atoms. The van der Waals surface area contributed by atoms with Gasteiger partial charge in [0.25, 0.3) is 0 Å². The van der Waals surface area contributed by atoms with Gasteiger partial charge in [-0.05, 0) is 47.9 Å². The quantitative estimate of drug-likeness (QED) is 0.877. The summed E-state index contributed by atoms with van der Waals surface area (Å²) in [5.74, 6) is 1.49. The molecule has 0 aromatic heterocycles. The summed E-state index contributed by atoms with van der Waals surface area (Å²) < 4.78 is 17.3. The Morgan fingerprint density at radius 2 is 1.78 bits per heavy atom. The van der Waals surface area contributed by atoms with E-state index in [0.29, 0.717) is 19.7 Å². The Hall–Kier alpha value is -1.79. The first kappa shape index (κ1) is 20.0. The van der Waals surface area contributed by atoms with E-state index in [-0.39, 0.29) is 16.9 Å². The summed E-state index contributed by atoms with van der Waals surface area (Å²) in [7, 11) is 3.30.